The molecule has 0 amide bonds. The van der Waals surface area contributed by atoms with E-state index >= 15 is 0 Å². The Morgan fingerprint density at radius 1 is 1.55 bits per heavy atom. The fourth-order valence-electron chi connectivity index (χ4n) is 2.60. The van der Waals surface area contributed by atoms with Gasteiger partial charge in [0.1, 0.15) is 17.7 Å². The van der Waals surface area contributed by atoms with Crippen molar-refractivity contribution in [2.45, 2.75) is 25.9 Å². The molecule has 0 fully saturated rings. The van der Waals surface area contributed by atoms with Gasteiger partial charge in [-0.15, -0.1) is 21.5 Å². The van der Waals surface area contributed by atoms with Crippen molar-refractivity contribution < 1.29 is 9.90 Å². The largest absolute Gasteiger partial charge is 0.480 e. The molecule has 1 aliphatic heterocycles. The fraction of sp³-hybridized carbons (Fsp3) is 0.462. The number of thiophene rings is 1. The van der Waals surface area contributed by atoms with E-state index in [0.29, 0.717) is 6.54 Å². The average Bonchev–Trinajstić information content (AvgIpc) is 2.99. The number of carboxylic acids is 1. The SMILES string of the molecule is Cc1nnc(CN2CCc3sccc3C2C(=O)O)n1C. The number of aryl methyl sites for hydroxylation is 1. The fourth-order valence-corrected chi connectivity index (χ4v) is 3.50. The monoisotopic (exact) mass is 292 g/mol. The van der Waals surface area contributed by atoms with Gasteiger partial charge in [0.15, 0.2) is 0 Å². The van der Waals surface area contributed by atoms with Crippen LogP contribution in [0.4, 0.5) is 0 Å². The van der Waals surface area contributed by atoms with Gasteiger partial charge in [-0.05, 0) is 30.4 Å². The van der Waals surface area contributed by atoms with Crippen LogP contribution in [0.15, 0.2) is 11.4 Å². The van der Waals surface area contributed by atoms with Crippen molar-refractivity contribution in [1.82, 2.24) is 19.7 Å². The Bertz CT molecular complexity index is 649. The molecule has 0 bridgehead atoms. The molecule has 0 spiro atoms. The van der Waals surface area contributed by atoms with Crippen LogP contribution in [0.1, 0.15) is 28.1 Å². The van der Waals surface area contributed by atoms with Crippen LogP contribution in [0.3, 0.4) is 0 Å². The molecule has 1 unspecified atom stereocenters. The third kappa shape index (κ3) is 2.12. The lowest BCUT2D eigenvalue weighted by atomic mass is 10.00. The van der Waals surface area contributed by atoms with Gasteiger partial charge in [-0.3, -0.25) is 9.69 Å². The molecule has 0 aliphatic carbocycles. The normalized spacial score (nSPS) is 19.0. The molecule has 1 aliphatic rings. The highest BCUT2D eigenvalue weighted by molar-refractivity contribution is 7.10. The summed E-state index contributed by atoms with van der Waals surface area (Å²) >= 11 is 1.64. The van der Waals surface area contributed by atoms with Gasteiger partial charge in [0.2, 0.25) is 0 Å². The Morgan fingerprint density at radius 2 is 2.35 bits per heavy atom. The van der Waals surface area contributed by atoms with E-state index in [0.717, 1.165) is 30.2 Å². The molecular formula is C13H16N4O2S. The van der Waals surface area contributed by atoms with E-state index in [1.165, 1.54) is 4.88 Å². The number of carboxylic acid groups (broad SMARTS) is 1. The predicted octanol–water partition coefficient (Wildman–Crippen LogP) is 1.37. The van der Waals surface area contributed by atoms with Crippen LogP contribution < -0.4 is 0 Å². The maximum Gasteiger partial charge on any atom is 0.325 e. The molecule has 0 radical (unpaired) electrons. The first kappa shape index (κ1) is 13.3. The molecule has 3 heterocycles. The van der Waals surface area contributed by atoms with Gasteiger partial charge in [-0.25, -0.2) is 0 Å². The molecule has 106 valence electrons. The van der Waals surface area contributed by atoms with E-state index in [-0.39, 0.29) is 0 Å². The average molecular weight is 292 g/mol. The van der Waals surface area contributed by atoms with Gasteiger partial charge in [-0.2, -0.15) is 0 Å². The molecule has 20 heavy (non-hydrogen) atoms. The maximum absolute atomic E-state index is 11.6. The quantitative estimate of drug-likeness (QED) is 0.925. The molecule has 2 aromatic rings. The van der Waals surface area contributed by atoms with Crippen LogP contribution in [0, 0.1) is 6.92 Å². The second-order valence-electron chi connectivity index (χ2n) is 4.98. The highest BCUT2D eigenvalue weighted by Gasteiger charge is 2.34. The van der Waals surface area contributed by atoms with Crippen molar-refractivity contribution in [3.05, 3.63) is 33.5 Å². The summed E-state index contributed by atoms with van der Waals surface area (Å²) in [6.07, 6.45) is 0.896. The van der Waals surface area contributed by atoms with Gasteiger partial charge in [0, 0.05) is 18.5 Å². The lowest BCUT2D eigenvalue weighted by molar-refractivity contribution is -0.144. The van der Waals surface area contributed by atoms with E-state index in [2.05, 4.69) is 10.2 Å². The second kappa shape index (κ2) is 4.99. The first-order valence-corrected chi connectivity index (χ1v) is 7.34. The Labute approximate surface area is 120 Å². The third-order valence-electron chi connectivity index (χ3n) is 3.83. The second-order valence-corrected chi connectivity index (χ2v) is 5.98. The molecule has 0 aromatic carbocycles. The first-order chi connectivity index (χ1) is 9.58. The molecule has 0 saturated carbocycles. The minimum absolute atomic E-state index is 0.504. The zero-order valence-corrected chi connectivity index (χ0v) is 12.2. The Hall–Kier alpha value is -1.73. The molecular weight excluding hydrogens is 276 g/mol. The van der Waals surface area contributed by atoms with Crippen molar-refractivity contribution in [2.24, 2.45) is 7.05 Å². The highest BCUT2D eigenvalue weighted by atomic mass is 32.1. The standard InChI is InChI=1S/C13H16N4O2S/c1-8-14-15-11(16(8)2)7-17-5-3-10-9(4-6-20-10)12(17)13(18)19/h4,6,12H,3,5,7H2,1-2H3,(H,18,19). The van der Waals surface area contributed by atoms with Crippen LogP contribution >= 0.6 is 11.3 Å². The van der Waals surface area contributed by atoms with E-state index in [9.17, 15) is 9.90 Å². The van der Waals surface area contributed by atoms with Crippen LogP contribution in [0.5, 0.6) is 0 Å². The maximum atomic E-state index is 11.6. The number of hydrogen-bond donors (Lipinski definition) is 1. The zero-order chi connectivity index (χ0) is 14.3. The smallest absolute Gasteiger partial charge is 0.325 e. The van der Waals surface area contributed by atoms with Gasteiger partial charge < -0.3 is 9.67 Å². The minimum atomic E-state index is -0.803. The summed E-state index contributed by atoms with van der Waals surface area (Å²) in [6.45, 7) is 3.12. The topological polar surface area (TPSA) is 71.2 Å². The van der Waals surface area contributed by atoms with Crippen LogP contribution in [-0.2, 0) is 24.8 Å². The number of aromatic nitrogens is 3. The summed E-state index contributed by atoms with van der Waals surface area (Å²) in [4.78, 5) is 14.8. The Morgan fingerprint density at radius 3 is 3.00 bits per heavy atom. The summed E-state index contributed by atoms with van der Waals surface area (Å²) in [6, 6.07) is 1.34. The number of carbonyl (C=O) groups is 1. The number of aliphatic carboxylic acids is 1. The van der Waals surface area contributed by atoms with Gasteiger partial charge >= 0.3 is 5.97 Å². The number of rotatable bonds is 3. The van der Waals surface area contributed by atoms with E-state index < -0.39 is 12.0 Å². The third-order valence-corrected chi connectivity index (χ3v) is 4.82. The minimum Gasteiger partial charge on any atom is -0.480 e. The van der Waals surface area contributed by atoms with Crippen LogP contribution in [0.2, 0.25) is 0 Å². The summed E-state index contributed by atoms with van der Waals surface area (Å²) in [5.74, 6) is 0.829. The summed E-state index contributed by atoms with van der Waals surface area (Å²) in [5, 5.41) is 19.7. The molecule has 1 atom stereocenters. The predicted molar refractivity (Wildman–Crippen MR) is 74.5 cm³/mol. The van der Waals surface area contributed by atoms with Crippen molar-refractivity contribution in [3.63, 3.8) is 0 Å². The van der Waals surface area contributed by atoms with Crippen molar-refractivity contribution in [2.75, 3.05) is 6.54 Å². The van der Waals surface area contributed by atoms with E-state index in [1.807, 2.05) is 34.9 Å². The van der Waals surface area contributed by atoms with Gasteiger partial charge in [-0.1, -0.05) is 0 Å². The summed E-state index contributed by atoms with van der Waals surface area (Å²) in [7, 11) is 1.90. The molecule has 6 nitrogen and oxygen atoms in total. The lowest BCUT2D eigenvalue weighted by Gasteiger charge is -2.32. The number of nitrogens with zero attached hydrogens (tertiary/aromatic N) is 4. The molecule has 2 aromatic heterocycles. The zero-order valence-electron chi connectivity index (χ0n) is 11.4. The van der Waals surface area contributed by atoms with Crippen molar-refractivity contribution >= 4 is 17.3 Å². The molecule has 3 rings (SSSR count). The number of hydrogen-bond acceptors (Lipinski definition) is 5. The first-order valence-electron chi connectivity index (χ1n) is 6.46. The van der Waals surface area contributed by atoms with E-state index in [1.54, 1.807) is 11.3 Å². The summed E-state index contributed by atoms with van der Waals surface area (Å²) in [5.41, 5.74) is 0.924. The van der Waals surface area contributed by atoms with E-state index in [4.69, 9.17) is 0 Å². The van der Waals surface area contributed by atoms with Crippen molar-refractivity contribution in [1.29, 1.82) is 0 Å². The van der Waals surface area contributed by atoms with Crippen LogP contribution in [0.25, 0.3) is 0 Å². The number of fused-ring (bicyclic) bond motifs is 1. The Kier molecular flexibility index (Phi) is 3.31. The van der Waals surface area contributed by atoms with Gasteiger partial charge in [0.05, 0.1) is 6.54 Å². The van der Waals surface area contributed by atoms with Crippen LogP contribution in [-0.4, -0.2) is 37.3 Å². The van der Waals surface area contributed by atoms with Gasteiger partial charge in [0.25, 0.3) is 0 Å². The summed E-state index contributed by atoms with van der Waals surface area (Å²) < 4.78 is 1.90. The lowest BCUT2D eigenvalue weighted by Crippen LogP contribution is -2.39. The highest BCUT2D eigenvalue weighted by Crippen LogP contribution is 2.34. The van der Waals surface area contributed by atoms with Crippen molar-refractivity contribution in [3.8, 4) is 0 Å². The molecule has 1 N–H and O–H groups in total. The molecule has 7 heteroatoms. The molecule has 0 saturated heterocycles. The Balaban J connectivity index is 1.90.